The third-order valence-corrected chi connectivity index (χ3v) is 6.42. The summed E-state index contributed by atoms with van der Waals surface area (Å²) in [6.45, 7) is 5.64. The molecule has 1 unspecified atom stereocenters. The molecule has 0 saturated carbocycles. The molecule has 0 bridgehead atoms. The first-order valence-corrected chi connectivity index (χ1v) is 9.69. The molecule has 0 amide bonds. The van der Waals surface area contributed by atoms with E-state index in [4.69, 9.17) is 5.26 Å². The summed E-state index contributed by atoms with van der Waals surface area (Å²) in [6, 6.07) is 16.5. The number of piperazine rings is 1. The smallest absolute Gasteiger partial charge is 0.243 e. The van der Waals surface area contributed by atoms with Gasteiger partial charge >= 0.3 is 0 Å². The Kier molecular flexibility index (Phi) is 4.80. The van der Waals surface area contributed by atoms with Gasteiger partial charge in [0.05, 0.1) is 16.5 Å². The van der Waals surface area contributed by atoms with Gasteiger partial charge in [-0.3, -0.25) is 0 Å². The van der Waals surface area contributed by atoms with Gasteiger partial charge in [-0.25, -0.2) is 8.42 Å². The van der Waals surface area contributed by atoms with Crippen LogP contribution in [0, 0.1) is 18.3 Å². The van der Waals surface area contributed by atoms with Crippen LogP contribution in [0.2, 0.25) is 0 Å². The number of sulfonamides is 1. The Morgan fingerprint density at radius 1 is 1.12 bits per heavy atom. The van der Waals surface area contributed by atoms with Crippen molar-refractivity contribution in [2.75, 3.05) is 24.5 Å². The molecule has 1 atom stereocenters. The molecule has 130 valence electrons. The average Bonchev–Trinajstić information content (AvgIpc) is 2.61. The van der Waals surface area contributed by atoms with Crippen molar-refractivity contribution < 1.29 is 8.42 Å². The van der Waals surface area contributed by atoms with Crippen molar-refractivity contribution in [2.24, 2.45) is 0 Å². The van der Waals surface area contributed by atoms with Crippen LogP contribution in [0.3, 0.4) is 0 Å². The van der Waals surface area contributed by atoms with E-state index in [1.807, 2.05) is 19.1 Å². The van der Waals surface area contributed by atoms with Gasteiger partial charge in [0, 0.05) is 31.4 Å². The van der Waals surface area contributed by atoms with Crippen LogP contribution in [-0.4, -0.2) is 38.4 Å². The van der Waals surface area contributed by atoms with Crippen LogP contribution in [0.15, 0.2) is 53.4 Å². The number of hydrogen-bond acceptors (Lipinski definition) is 4. The van der Waals surface area contributed by atoms with Gasteiger partial charge in [0.15, 0.2) is 0 Å². The molecule has 0 aromatic heterocycles. The van der Waals surface area contributed by atoms with Gasteiger partial charge in [0.25, 0.3) is 0 Å². The molecular formula is C19H21N3O2S. The number of nitrogens with zero attached hydrogens (tertiary/aromatic N) is 3. The Labute approximate surface area is 149 Å². The van der Waals surface area contributed by atoms with Gasteiger partial charge < -0.3 is 4.90 Å². The Hall–Kier alpha value is -2.36. The van der Waals surface area contributed by atoms with Crippen LogP contribution in [-0.2, 0) is 10.0 Å². The minimum absolute atomic E-state index is 0.0868. The molecule has 0 aliphatic carbocycles. The molecular weight excluding hydrogens is 334 g/mol. The van der Waals surface area contributed by atoms with Crippen molar-refractivity contribution in [2.45, 2.75) is 24.8 Å². The van der Waals surface area contributed by atoms with Crippen LogP contribution >= 0.6 is 0 Å². The van der Waals surface area contributed by atoms with E-state index in [9.17, 15) is 8.42 Å². The molecule has 1 heterocycles. The second-order valence-corrected chi connectivity index (χ2v) is 8.32. The molecule has 2 aromatic carbocycles. The van der Waals surface area contributed by atoms with E-state index in [0.29, 0.717) is 25.2 Å². The quantitative estimate of drug-likeness (QED) is 0.849. The summed E-state index contributed by atoms with van der Waals surface area (Å²) in [4.78, 5) is 2.49. The zero-order chi connectivity index (χ0) is 18.0. The third-order valence-electron chi connectivity index (χ3n) is 4.54. The van der Waals surface area contributed by atoms with Crippen LogP contribution in [0.25, 0.3) is 0 Å². The maximum atomic E-state index is 12.9. The summed E-state index contributed by atoms with van der Waals surface area (Å²) in [5, 5.41) is 8.86. The molecule has 3 rings (SSSR count). The van der Waals surface area contributed by atoms with Crippen molar-refractivity contribution in [1.82, 2.24) is 4.31 Å². The van der Waals surface area contributed by atoms with Crippen LogP contribution in [0.1, 0.15) is 18.1 Å². The number of anilines is 1. The highest BCUT2D eigenvalue weighted by atomic mass is 32.2. The SMILES string of the molecule is Cc1cccc(N2CCN(S(=O)(=O)c3ccc(C#N)cc3)CC2C)c1. The second-order valence-electron chi connectivity index (χ2n) is 6.38. The number of nitriles is 1. The first kappa shape index (κ1) is 17.5. The number of aryl methyl sites for hydroxylation is 1. The summed E-state index contributed by atoms with van der Waals surface area (Å²) in [5.41, 5.74) is 2.77. The highest BCUT2D eigenvalue weighted by Crippen LogP contribution is 2.25. The van der Waals surface area contributed by atoms with Crippen molar-refractivity contribution in [3.05, 3.63) is 59.7 Å². The number of hydrogen-bond donors (Lipinski definition) is 0. The van der Waals surface area contributed by atoms with Crippen molar-refractivity contribution in [3.8, 4) is 6.07 Å². The van der Waals surface area contributed by atoms with E-state index in [1.54, 1.807) is 12.1 Å². The summed E-state index contributed by atoms with van der Waals surface area (Å²) in [5.74, 6) is 0. The molecule has 1 fully saturated rings. The van der Waals surface area contributed by atoms with E-state index in [-0.39, 0.29) is 10.9 Å². The molecule has 25 heavy (non-hydrogen) atoms. The first-order chi connectivity index (χ1) is 11.9. The first-order valence-electron chi connectivity index (χ1n) is 8.25. The lowest BCUT2D eigenvalue weighted by atomic mass is 10.1. The lowest BCUT2D eigenvalue weighted by molar-refractivity contribution is 0.342. The van der Waals surface area contributed by atoms with Crippen LogP contribution < -0.4 is 4.90 Å². The predicted molar refractivity (Wildman–Crippen MR) is 97.9 cm³/mol. The maximum absolute atomic E-state index is 12.9. The highest BCUT2D eigenvalue weighted by Gasteiger charge is 2.32. The minimum Gasteiger partial charge on any atom is -0.366 e. The minimum atomic E-state index is -3.54. The summed E-state index contributed by atoms with van der Waals surface area (Å²) in [7, 11) is -3.54. The topological polar surface area (TPSA) is 64.4 Å². The highest BCUT2D eigenvalue weighted by molar-refractivity contribution is 7.89. The van der Waals surface area contributed by atoms with Gasteiger partial charge in [-0.2, -0.15) is 9.57 Å². The van der Waals surface area contributed by atoms with Gasteiger partial charge in [0.2, 0.25) is 10.0 Å². The van der Waals surface area contributed by atoms with E-state index < -0.39 is 10.0 Å². The van der Waals surface area contributed by atoms with Crippen molar-refractivity contribution >= 4 is 15.7 Å². The Balaban J connectivity index is 1.78. The lowest BCUT2D eigenvalue weighted by Gasteiger charge is -2.40. The summed E-state index contributed by atoms with van der Waals surface area (Å²) >= 11 is 0. The van der Waals surface area contributed by atoms with E-state index >= 15 is 0 Å². The zero-order valence-electron chi connectivity index (χ0n) is 14.4. The van der Waals surface area contributed by atoms with E-state index in [2.05, 4.69) is 30.0 Å². The van der Waals surface area contributed by atoms with Crippen molar-refractivity contribution in [1.29, 1.82) is 5.26 Å². The molecule has 0 N–H and O–H groups in total. The molecule has 1 saturated heterocycles. The fraction of sp³-hybridized carbons (Fsp3) is 0.316. The molecule has 1 aliphatic heterocycles. The normalized spacial score (nSPS) is 18.8. The molecule has 5 nitrogen and oxygen atoms in total. The second kappa shape index (κ2) is 6.87. The Morgan fingerprint density at radius 3 is 2.44 bits per heavy atom. The van der Waals surface area contributed by atoms with Crippen LogP contribution in [0.5, 0.6) is 0 Å². The lowest BCUT2D eigenvalue weighted by Crippen LogP contribution is -2.53. The molecule has 2 aromatic rings. The van der Waals surface area contributed by atoms with Gasteiger partial charge in [-0.15, -0.1) is 0 Å². The Morgan fingerprint density at radius 2 is 1.84 bits per heavy atom. The number of rotatable bonds is 3. The average molecular weight is 355 g/mol. The summed E-state index contributed by atoms with van der Waals surface area (Å²) in [6.07, 6.45) is 0. The Bertz CT molecular complexity index is 901. The summed E-state index contributed by atoms with van der Waals surface area (Å²) < 4.78 is 27.2. The van der Waals surface area contributed by atoms with Crippen LogP contribution in [0.4, 0.5) is 5.69 Å². The molecule has 0 radical (unpaired) electrons. The van der Waals surface area contributed by atoms with Crippen molar-refractivity contribution in [3.63, 3.8) is 0 Å². The maximum Gasteiger partial charge on any atom is 0.243 e. The molecule has 6 heteroatoms. The van der Waals surface area contributed by atoms with E-state index in [1.165, 1.54) is 22.0 Å². The monoisotopic (exact) mass is 355 g/mol. The fourth-order valence-electron chi connectivity index (χ4n) is 3.18. The van der Waals surface area contributed by atoms with Gasteiger partial charge in [-0.05, 0) is 55.8 Å². The van der Waals surface area contributed by atoms with Gasteiger partial charge in [0.1, 0.15) is 0 Å². The molecule has 1 aliphatic rings. The largest absolute Gasteiger partial charge is 0.366 e. The predicted octanol–water partition coefficient (Wildman–Crippen LogP) is 2.77. The zero-order valence-corrected chi connectivity index (χ0v) is 15.2. The molecule has 0 spiro atoms. The standard InChI is InChI=1S/C19H21N3O2S/c1-15-4-3-5-18(12-15)22-11-10-21(14-16(22)2)25(23,24)19-8-6-17(13-20)7-9-19/h3-9,12,16H,10-11,14H2,1-2H3. The van der Waals surface area contributed by atoms with E-state index in [0.717, 1.165) is 5.69 Å². The third kappa shape index (κ3) is 3.53. The fourth-order valence-corrected chi connectivity index (χ4v) is 4.70. The van der Waals surface area contributed by atoms with Gasteiger partial charge in [-0.1, -0.05) is 12.1 Å². The number of benzene rings is 2.